The molecule has 0 aliphatic carbocycles. The van der Waals surface area contributed by atoms with E-state index in [-0.39, 0.29) is 0 Å². The van der Waals surface area contributed by atoms with Gasteiger partial charge in [-0.25, -0.2) is 0 Å². The summed E-state index contributed by atoms with van der Waals surface area (Å²) in [6, 6.07) is 63.9. The van der Waals surface area contributed by atoms with Crippen LogP contribution in [0.15, 0.2) is 170 Å². The van der Waals surface area contributed by atoms with Crippen LogP contribution in [0.1, 0.15) is 44.5 Å². The fourth-order valence-corrected chi connectivity index (χ4v) is 9.87. The molecular weight excluding hydrogens is 749 g/mol. The van der Waals surface area contributed by atoms with Gasteiger partial charge in [0.25, 0.3) is 0 Å². The van der Waals surface area contributed by atoms with Crippen LogP contribution < -0.4 is 9.80 Å². The van der Waals surface area contributed by atoms with Gasteiger partial charge in [-0.05, 0) is 193 Å². The summed E-state index contributed by atoms with van der Waals surface area (Å²) in [6.07, 6.45) is 0. The van der Waals surface area contributed by atoms with Crippen LogP contribution in [0.5, 0.6) is 0 Å². The molecule has 0 aromatic heterocycles. The molecule has 0 atom stereocenters. The minimum absolute atomic E-state index is 1.15. The molecule has 2 nitrogen and oxygen atoms in total. The Morgan fingerprint density at radius 1 is 0.274 bits per heavy atom. The predicted octanol–water partition coefficient (Wildman–Crippen LogP) is 17.3. The SMILES string of the molecule is Cc1ccc(N(c2ccc(-c3cc4ccc5ccc(-c6ccc(N(c7ccc(C)cc7C)c7ccc(C)cc7C)cc6)c6ccc(c3)c4c56)cc2)c2ccc(C)cc2C)c(C)c1. The third-order valence-corrected chi connectivity index (χ3v) is 12.9. The normalized spacial score (nSPS) is 11.5. The molecule has 0 spiro atoms. The average molecular weight is 801 g/mol. The molecule has 0 amide bonds. The van der Waals surface area contributed by atoms with Crippen molar-refractivity contribution in [3.8, 4) is 22.3 Å². The Hall–Kier alpha value is -7.16. The number of hydrogen-bond donors (Lipinski definition) is 0. The highest BCUT2D eigenvalue weighted by atomic mass is 15.2. The summed E-state index contributed by atoms with van der Waals surface area (Å²) >= 11 is 0. The van der Waals surface area contributed by atoms with Crippen molar-refractivity contribution in [2.45, 2.75) is 55.4 Å². The highest BCUT2D eigenvalue weighted by Gasteiger charge is 2.20. The highest BCUT2D eigenvalue weighted by Crippen LogP contribution is 2.44. The maximum absolute atomic E-state index is 2.41. The average Bonchev–Trinajstić information content (AvgIpc) is 3.26. The van der Waals surface area contributed by atoms with E-state index in [2.05, 4.69) is 235 Å². The molecule has 0 aliphatic heterocycles. The summed E-state index contributed by atoms with van der Waals surface area (Å²) in [7, 11) is 0. The van der Waals surface area contributed by atoms with E-state index in [0.29, 0.717) is 0 Å². The molecule has 2 heteroatoms. The fourth-order valence-electron chi connectivity index (χ4n) is 9.87. The Balaban J connectivity index is 1.02. The molecule has 0 fully saturated rings. The molecule has 62 heavy (non-hydrogen) atoms. The van der Waals surface area contributed by atoms with Gasteiger partial charge in [-0.1, -0.05) is 131 Å². The summed E-state index contributed by atoms with van der Waals surface area (Å²) in [4.78, 5) is 4.82. The summed E-state index contributed by atoms with van der Waals surface area (Å²) in [6.45, 7) is 17.5. The number of anilines is 6. The number of hydrogen-bond acceptors (Lipinski definition) is 2. The van der Waals surface area contributed by atoms with Crippen molar-refractivity contribution in [3.63, 3.8) is 0 Å². The molecule has 0 radical (unpaired) electrons. The monoisotopic (exact) mass is 800 g/mol. The smallest absolute Gasteiger partial charge is 0.0491 e. The van der Waals surface area contributed by atoms with Crippen molar-refractivity contribution in [3.05, 3.63) is 214 Å². The van der Waals surface area contributed by atoms with Gasteiger partial charge in [-0.3, -0.25) is 0 Å². The predicted molar refractivity (Wildman–Crippen MR) is 268 cm³/mol. The van der Waals surface area contributed by atoms with Crippen molar-refractivity contribution >= 4 is 66.4 Å². The van der Waals surface area contributed by atoms with Gasteiger partial charge >= 0.3 is 0 Å². The Morgan fingerprint density at radius 3 is 1.06 bits per heavy atom. The van der Waals surface area contributed by atoms with E-state index in [0.717, 1.165) is 11.4 Å². The largest absolute Gasteiger partial charge is 0.310 e. The van der Waals surface area contributed by atoms with Gasteiger partial charge in [0.1, 0.15) is 0 Å². The molecule has 302 valence electrons. The van der Waals surface area contributed by atoms with Crippen LogP contribution in [0.25, 0.3) is 54.6 Å². The zero-order chi connectivity index (χ0) is 42.8. The van der Waals surface area contributed by atoms with E-state index < -0.39 is 0 Å². The first-order chi connectivity index (χ1) is 30.0. The van der Waals surface area contributed by atoms with E-state index >= 15 is 0 Å². The molecule has 0 saturated carbocycles. The Kier molecular flexibility index (Phi) is 9.68. The van der Waals surface area contributed by atoms with E-state index in [9.17, 15) is 0 Å². The van der Waals surface area contributed by atoms with Crippen molar-refractivity contribution in [2.24, 2.45) is 0 Å². The first kappa shape index (κ1) is 39.0. The van der Waals surface area contributed by atoms with Crippen molar-refractivity contribution in [1.29, 1.82) is 0 Å². The van der Waals surface area contributed by atoms with Crippen molar-refractivity contribution in [2.75, 3.05) is 9.80 Å². The lowest BCUT2D eigenvalue weighted by Gasteiger charge is -2.29. The fraction of sp³-hybridized carbons (Fsp3) is 0.133. The van der Waals surface area contributed by atoms with E-state index in [1.807, 2.05) is 0 Å². The lowest BCUT2D eigenvalue weighted by molar-refractivity contribution is 1.21. The molecule has 0 bridgehead atoms. The molecule has 0 unspecified atom stereocenters. The van der Waals surface area contributed by atoms with Crippen LogP contribution in [0, 0.1) is 55.4 Å². The highest BCUT2D eigenvalue weighted by molar-refractivity contribution is 6.26. The minimum Gasteiger partial charge on any atom is -0.310 e. The van der Waals surface area contributed by atoms with Gasteiger partial charge in [-0.15, -0.1) is 0 Å². The first-order valence-electron chi connectivity index (χ1n) is 21.8. The molecule has 10 aromatic rings. The van der Waals surface area contributed by atoms with Crippen LogP contribution in [-0.4, -0.2) is 0 Å². The maximum atomic E-state index is 2.41. The van der Waals surface area contributed by atoms with E-state index in [1.54, 1.807) is 0 Å². The summed E-state index contributed by atoms with van der Waals surface area (Å²) in [5.74, 6) is 0. The van der Waals surface area contributed by atoms with Crippen LogP contribution >= 0.6 is 0 Å². The van der Waals surface area contributed by atoms with Crippen LogP contribution in [-0.2, 0) is 0 Å². The van der Waals surface area contributed by atoms with Crippen molar-refractivity contribution in [1.82, 2.24) is 0 Å². The van der Waals surface area contributed by atoms with Gasteiger partial charge in [0.2, 0.25) is 0 Å². The second-order valence-electron chi connectivity index (χ2n) is 17.6. The van der Waals surface area contributed by atoms with Gasteiger partial charge in [0.15, 0.2) is 0 Å². The quantitative estimate of drug-likeness (QED) is 0.141. The summed E-state index contributed by atoms with van der Waals surface area (Å²) < 4.78 is 0. The molecule has 0 aliphatic rings. The zero-order valence-electron chi connectivity index (χ0n) is 37.1. The van der Waals surface area contributed by atoms with Crippen LogP contribution in [0.4, 0.5) is 34.1 Å². The first-order valence-corrected chi connectivity index (χ1v) is 21.8. The molecule has 0 N–H and O–H groups in total. The third-order valence-electron chi connectivity index (χ3n) is 12.9. The summed E-state index contributed by atoms with van der Waals surface area (Å²) in [5, 5.41) is 7.72. The third kappa shape index (κ3) is 6.86. The molecule has 0 saturated heterocycles. The number of aryl methyl sites for hydroxylation is 8. The van der Waals surface area contributed by atoms with Gasteiger partial charge in [0.05, 0.1) is 0 Å². The van der Waals surface area contributed by atoms with E-state index in [4.69, 9.17) is 0 Å². The van der Waals surface area contributed by atoms with Crippen LogP contribution in [0.2, 0.25) is 0 Å². The molecule has 10 rings (SSSR count). The standard InChI is InChI=1S/C60H52N2/c1-37-9-27-55(41(5)31-37)61(56-28-10-38(2)32-42(56)6)51-21-15-45(16-22-51)50-35-48-14-13-47-19-25-53(54-26-20-49(36-50)59(48)60(47)54)46-17-23-52(24-18-46)62(57-29-11-39(3)33-43(57)7)58-30-12-40(4)34-44(58)8/h9-36H,1-8H3. The molecule has 10 aromatic carbocycles. The van der Waals surface area contributed by atoms with Crippen LogP contribution in [0.3, 0.4) is 0 Å². The molecule has 0 heterocycles. The lowest BCUT2D eigenvalue weighted by atomic mass is 9.88. The minimum atomic E-state index is 1.15. The number of benzene rings is 10. The van der Waals surface area contributed by atoms with Gasteiger partial charge in [0, 0.05) is 34.1 Å². The Morgan fingerprint density at radius 2 is 0.645 bits per heavy atom. The van der Waals surface area contributed by atoms with Gasteiger partial charge in [-0.2, -0.15) is 0 Å². The second kappa shape index (κ2) is 15.4. The maximum Gasteiger partial charge on any atom is 0.0491 e. The van der Waals surface area contributed by atoms with E-state index in [1.165, 1.54) is 122 Å². The number of rotatable bonds is 8. The Labute approximate surface area is 366 Å². The van der Waals surface area contributed by atoms with Gasteiger partial charge < -0.3 is 9.80 Å². The van der Waals surface area contributed by atoms with Crippen molar-refractivity contribution < 1.29 is 0 Å². The zero-order valence-corrected chi connectivity index (χ0v) is 37.1. The second-order valence-corrected chi connectivity index (χ2v) is 17.6. The molecular formula is C60H52N2. The Bertz CT molecular complexity index is 3190. The summed E-state index contributed by atoms with van der Waals surface area (Å²) in [5.41, 5.74) is 22.1. The lowest BCUT2D eigenvalue weighted by Crippen LogP contribution is -2.13. The number of nitrogens with zero attached hydrogens (tertiary/aromatic N) is 2. The topological polar surface area (TPSA) is 6.48 Å².